The molecule has 0 spiro atoms. The molecule has 2 atom stereocenters. The summed E-state index contributed by atoms with van der Waals surface area (Å²) in [6, 6.07) is 6.76. The van der Waals surface area contributed by atoms with E-state index < -0.39 is 24.0 Å². The molecule has 0 heterocycles. The topological polar surface area (TPSA) is 86.7 Å². The Kier molecular flexibility index (Phi) is 5.25. The molecule has 2 unspecified atom stereocenters. The fourth-order valence-corrected chi connectivity index (χ4v) is 1.59. The molecule has 0 bridgehead atoms. The number of carboxylic acid groups (broad SMARTS) is 1. The maximum absolute atomic E-state index is 12.0. The van der Waals surface area contributed by atoms with Gasteiger partial charge in [-0.2, -0.15) is 0 Å². The number of nitrogens with one attached hydrogen (secondary N) is 1. The van der Waals surface area contributed by atoms with Crippen LogP contribution in [0.1, 0.15) is 24.2 Å². The molecule has 0 fully saturated rings. The fraction of sp³-hybridized carbons (Fsp3) is 0.357. The summed E-state index contributed by atoms with van der Waals surface area (Å²) in [5.74, 6) is -1.92. The number of rotatable bonds is 5. The lowest BCUT2D eigenvalue weighted by atomic mass is 10.2. The first-order valence-corrected chi connectivity index (χ1v) is 6.20. The number of hydrogen-bond donors (Lipinski definition) is 2. The number of carboxylic acids is 1. The minimum absolute atomic E-state index is 0.372. The molecule has 2 amide bonds. The molecule has 108 valence electrons. The van der Waals surface area contributed by atoms with Gasteiger partial charge in [0.25, 0.3) is 5.91 Å². The van der Waals surface area contributed by atoms with Gasteiger partial charge >= 0.3 is 5.97 Å². The highest BCUT2D eigenvalue weighted by atomic mass is 16.4. The van der Waals surface area contributed by atoms with E-state index >= 15 is 0 Å². The van der Waals surface area contributed by atoms with Crippen LogP contribution in [0.5, 0.6) is 0 Å². The second kappa shape index (κ2) is 6.70. The second-order valence-corrected chi connectivity index (χ2v) is 4.52. The van der Waals surface area contributed by atoms with Crippen LogP contribution < -0.4 is 5.32 Å². The van der Waals surface area contributed by atoms with Crippen molar-refractivity contribution in [1.82, 2.24) is 10.2 Å². The summed E-state index contributed by atoms with van der Waals surface area (Å²) in [6.45, 7) is 2.93. The largest absolute Gasteiger partial charge is 0.480 e. The van der Waals surface area contributed by atoms with Gasteiger partial charge in [0.2, 0.25) is 5.91 Å². The Morgan fingerprint density at radius 2 is 1.70 bits per heavy atom. The Hall–Kier alpha value is -2.37. The van der Waals surface area contributed by atoms with Crippen LogP contribution in [0.2, 0.25) is 0 Å². The van der Waals surface area contributed by atoms with Crippen LogP contribution in [-0.2, 0) is 9.59 Å². The van der Waals surface area contributed by atoms with Crippen molar-refractivity contribution in [2.75, 3.05) is 7.05 Å². The van der Waals surface area contributed by atoms with E-state index in [0.29, 0.717) is 5.56 Å². The van der Waals surface area contributed by atoms with Crippen molar-refractivity contribution >= 4 is 17.8 Å². The first-order valence-electron chi connectivity index (χ1n) is 6.20. The van der Waals surface area contributed by atoms with Gasteiger partial charge in [0.05, 0.1) is 0 Å². The normalized spacial score (nSPS) is 13.2. The van der Waals surface area contributed by atoms with Crippen LogP contribution in [0.15, 0.2) is 30.3 Å². The van der Waals surface area contributed by atoms with Crippen molar-refractivity contribution in [1.29, 1.82) is 0 Å². The Morgan fingerprint density at radius 1 is 1.15 bits per heavy atom. The Morgan fingerprint density at radius 3 is 2.20 bits per heavy atom. The second-order valence-electron chi connectivity index (χ2n) is 4.52. The number of benzene rings is 1. The van der Waals surface area contributed by atoms with Gasteiger partial charge in [-0.1, -0.05) is 18.2 Å². The molecule has 0 aliphatic carbocycles. The number of aliphatic carboxylic acids is 1. The van der Waals surface area contributed by atoms with Crippen molar-refractivity contribution in [2.45, 2.75) is 25.9 Å². The summed E-state index contributed by atoms with van der Waals surface area (Å²) >= 11 is 0. The van der Waals surface area contributed by atoms with Gasteiger partial charge in [-0.15, -0.1) is 0 Å². The number of amides is 2. The van der Waals surface area contributed by atoms with E-state index in [1.807, 2.05) is 0 Å². The van der Waals surface area contributed by atoms with Gasteiger partial charge in [-0.25, -0.2) is 4.79 Å². The van der Waals surface area contributed by atoms with Gasteiger partial charge in [-0.05, 0) is 26.0 Å². The monoisotopic (exact) mass is 278 g/mol. The van der Waals surface area contributed by atoms with Crippen molar-refractivity contribution in [3.63, 3.8) is 0 Å². The lowest BCUT2D eigenvalue weighted by molar-refractivity contribution is -0.148. The maximum atomic E-state index is 12.0. The molecule has 0 aliphatic heterocycles. The van der Waals surface area contributed by atoms with Crippen LogP contribution in [0.4, 0.5) is 0 Å². The third-order valence-corrected chi connectivity index (χ3v) is 3.04. The highest BCUT2D eigenvalue weighted by molar-refractivity contribution is 5.97. The van der Waals surface area contributed by atoms with Crippen molar-refractivity contribution < 1.29 is 19.5 Å². The van der Waals surface area contributed by atoms with E-state index in [1.54, 1.807) is 30.3 Å². The average Bonchev–Trinajstić information content (AvgIpc) is 2.45. The molecule has 1 aromatic carbocycles. The Balaban J connectivity index is 2.67. The summed E-state index contributed by atoms with van der Waals surface area (Å²) < 4.78 is 0. The molecule has 6 heteroatoms. The standard InChI is InChI=1S/C14H18N2O4/c1-9(13(18)16(3)10(2)14(19)20)15-12(17)11-7-5-4-6-8-11/h4-10H,1-3H3,(H,15,17)(H,19,20). The predicted octanol–water partition coefficient (Wildman–Crippen LogP) is 0.736. The summed E-state index contributed by atoms with van der Waals surface area (Å²) in [5.41, 5.74) is 0.445. The number of carbonyl (C=O) groups is 3. The lowest BCUT2D eigenvalue weighted by Gasteiger charge is -2.25. The zero-order chi connectivity index (χ0) is 15.3. The third kappa shape index (κ3) is 3.81. The first-order chi connectivity index (χ1) is 9.34. The molecule has 0 radical (unpaired) electrons. The molecular weight excluding hydrogens is 260 g/mol. The summed E-state index contributed by atoms with van der Waals surface area (Å²) in [4.78, 5) is 35.8. The molecule has 0 aromatic heterocycles. The molecule has 6 nitrogen and oxygen atoms in total. The van der Waals surface area contributed by atoms with Crippen LogP contribution in [0.3, 0.4) is 0 Å². The lowest BCUT2D eigenvalue weighted by Crippen LogP contribution is -2.50. The number of hydrogen-bond acceptors (Lipinski definition) is 3. The van der Waals surface area contributed by atoms with Gasteiger partial charge < -0.3 is 15.3 Å². The van der Waals surface area contributed by atoms with Crippen molar-refractivity contribution in [2.24, 2.45) is 0 Å². The summed E-state index contributed by atoms with van der Waals surface area (Å²) in [7, 11) is 1.40. The van der Waals surface area contributed by atoms with E-state index in [-0.39, 0.29) is 5.91 Å². The van der Waals surface area contributed by atoms with Crippen molar-refractivity contribution in [3.8, 4) is 0 Å². The van der Waals surface area contributed by atoms with E-state index in [1.165, 1.54) is 20.9 Å². The summed E-state index contributed by atoms with van der Waals surface area (Å²) in [5, 5.41) is 11.4. The van der Waals surface area contributed by atoms with Crippen LogP contribution in [0.25, 0.3) is 0 Å². The van der Waals surface area contributed by atoms with Gasteiger partial charge in [0.1, 0.15) is 12.1 Å². The molecule has 0 saturated heterocycles. The molecule has 0 aliphatic rings. The first kappa shape index (κ1) is 15.7. The van der Waals surface area contributed by atoms with E-state index in [9.17, 15) is 14.4 Å². The van der Waals surface area contributed by atoms with Gasteiger partial charge in [0, 0.05) is 12.6 Å². The fourth-order valence-electron chi connectivity index (χ4n) is 1.59. The minimum atomic E-state index is -1.09. The van der Waals surface area contributed by atoms with Crippen LogP contribution in [0, 0.1) is 0 Å². The van der Waals surface area contributed by atoms with E-state index in [2.05, 4.69) is 5.32 Å². The number of carbonyl (C=O) groups excluding carboxylic acids is 2. The molecule has 2 N–H and O–H groups in total. The number of likely N-dealkylation sites (N-methyl/N-ethyl adjacent to an activating group) is 1. The van der Waals surface area contributed by atoms with Gasteiger partial charge in [-0.3, -0.25) is 9.59 Å². The Bertz CT molecular complexity index is 501. The van der Waals surface area contributed by atoms with E-state index in [0.717, 1.165) is 4.90 Å². The Labute approximate surface area is 117 Å². The minimum Gasteiger partial charge on any atom is -0.480 e. The quantitative estimate of drug-likeness (QED) is 0.831. The SMILES string of the molecule is CC(NC(=O)c1ccccc1)C(=O)N(C)C(C)C(=O)O. The predicted molar refractivity (Wildman–Crippen MR) is 73.2 cm³/mol. The smallest absolute Gasteiger partial charge is 0.326 e. The molecule has 20 heavy (non-hydrogen) atoms. The molecule has 1 aromatic rings. The van der Waals surface area contributed by atoms with Crippen molar-refractivity contribution in [3.05, 3.63) is 35.9 Å². The number of nitrogens with zero attached hydrogens (tertiary/aromatic N) is 1. The van der Waals surface area contributed by atoms with Crippen LogP contribution in [-0.4, -0.2) is 46.9 Å². The highest BCUT2D eigenvalue weighted by Crippen LogP contribution is 2.02. The molecule has 1 rings (SSSR count). The zero-order valence-corrected chi connectivity index (χ0v) is 11.7. The van der Waals surface area contributed by atoms with Crippen LogP contribution >= 0.6 is 0 Å². The third-order valence-electron chi connectivity index (χ3n) is 3.04. The summed E-state index contributed by atoms with van der Waals surface area (Å²) in [6.07, 6.45) is 0. The van der Waals surface area contributed by atoms with E-state index in [4.69, 9.17) is 5.11 Å². The molecular formula is C14H18N2O4. The average molecular weight is 278 g/mol. The molecule has 0 saturated carbocycles. The zero-order valence-electron chi connectivity index (χ0n) is 11.7. The highest BCUT2D eigenvalue weighted by Gasteiger charge is 2.26. The maximum Gasteiger partial charge on any atom is 0.326 e. The van der Waals surface area contributed by atoms with Gasteiger partial charge in [0.15, 0.2) is 0 Å².